The Balaban J connectivity index is 2.22. The number of hydrogen-bond acceptors (Lipinski definition) is 5. The SMILES string of the molecule is C=C(C)C(=O)OCCCCCCOc1ccc(C(=O)O)cc1OC. The second-order valence-electron chi connectivity index (χ2n) is 5.35. The average molecular weight is 336 g/mol. The molecule has 1 aromatic rings. The lowest BCUT2D eigenvalue weighted by molar-refractivity contribution is -0.139. The van der Waals surface area contributed by atoms with Gasteiger partial charge in [0.2, 0.25) is 0 Å². The first-order chi connectivity index (χ1) is 11.5. The standard InChI is InChI=1S/C18H24O6/c1-13(2)18(21)24-11-7-5-4-6-10-23-15-9-8-14(17(19)20)12-16(15)22-3/h8-9,12H,1,4-7,10-11H2,2-3H3,(H,19,20). The highest BCUT2D eigenvalue weighted by Crippen LogP contribution is 2.28. The number of carbonyl (C=O) groups is 2. The molecule has 0 radical (unpaired) electrons. The smallest absolute Gasteiger partial charge is 0.335 e. The van der Waals surface area contributed by atoms with Gasteiger partial charge in [-0.05, 0) is 50.8 Å². The quantitative estimate of drug-likeness (QED) is 0.379. The predicted molar refractivity (Wildman–Crippen MR) is 89.7 cm³/mol. The lowest BCUT2D eigenvalue weighted by Gasteiger charge is -2.11. The number of unbranched alkanes of at least 4 members (excludes halogenated alkanes) is 3. The number of ether oxygens (including phenoxy) is 3. The van der Waals surface area contributed by atoms with Gasteiger partial charge < -0.3 is 19.3 Å². The zero-order chi connectivity index (χ0) is 17.9. The van der Waals surface area contributed by atoms with E-state index < -0.39 is 5.97 Å². The molecule has 0 bridgehead atoms. The van der Waals surface area contributed by atoms with Crippen LogP contribution < -0.4 is 9.47 Å². The highest BCUT2D eigenvalue weighted by atomic mass is 16.5. The van der Waals surface area contributed by atoms with Gasteiger partial charge in [-0.1, -0.05) is 6.58 Å². The third kappa shape index (κ3) is 6.73. The number of carbonyl (C=O) groups excluding carboxylic acids is 1. The fourth-order valence-electron chi connectivity index (χ4n) is 1.95. The molecule has 0 unspecified atom stereocenters. The molecule has 6 heteroatoms. The van der Waals surface area contributed by atoms with Gasteiger partial charge in [0.25, 0.3) is 0 Å². The van der Waals surface area contributed by atoms with Crippen molar-refractivity contribution >= 4 is 11.9 Å². The zero-order valence-electron chi connectivity index (χ0n) is 14.2. The number of aromatic carboxylic acids is 1. The number of esters is 1. The van der Waals surface area contributed by atoms with E-state index in [4.69, 9.17) is 19.3 Å². The van der Waals surface area contributed by atoms with Gasteiger partial charge in [-0.3, -0.25) is 0 Å². The van der Waals surface area contributed by atoms with Crippen LogP contribution in [0.5, 0.6) is 11.5 Å². The summed E-state index contributed by atoms with van der Waals surface area (Å²) in [6, 6.07) is 4.52. The first-order valence-corrected chi connectivity index (χ1v) is 7.82. The minimum atomic E-state index is -1.01. The van der Waals surface area contributed by atoms with Crippen LogP contribution in [-0.2, 0) is 9.53 Å². The van der Waals surface area contributed by atoms with Crippen LogP contribution in [0.25, 0.3) is 0 Å². The molecule has 24 heavy (non-hydrogen) atoms. The van der Waals surface area contributed by atoms with Gasteiger partial charge in [-0.2, -0.15) is 0 Å². The fourth-order valence-corrected chi connectivity index (χ4v) is 1.95. The van der Waals surface area contributed by atoms with E-state index in [0.717, 1.165) is 25.7 Å². The number of hydrogen-bond donors (Lipinski definition) is 1. The highest BCUT2D eigenvalue weighted by molar-refractivity contribution is 5.88. The number of benzene rings is 1. The predicted octanol–water partition coefficient (Wildman–Crippen LogP) is 3.45. The van der Waals surface area contributed by atoms with E-state index in [1.54, 1.807) is 13.0 Å². The first-order valence-electron chi connectivity index (χ1n) is 7.82. The molecule has 0 saturated carbocycles. The first kappa shape index (κ1) is 19.5. The molecule has 6 nitrogen and oxygen atoms in total. The molecule has 0 aliphatic heterocycles. The van der Waals surface area contributed by atoms with Crippen LogP contribution in [0.2, 0.25) is 0 Å². The Hall–Kier alpha value is -2.50. The largest absolute Gasteiger partial charge is 0.493 e. The summed E-state index contributed by atoms with van der Waals surface area (Å²) in [5.41, 5.74) is 0.565. The molecule has 0 amide bonds. The fraction of sp³-hybridized carbons (Fsp3) is 0.444. The minimum absolute atomic E-state index is 0.156. The Bertz CT molecular complexity index is 579. The normalized spacial score (nSPS) is 10.1. The molecule has 0 saturated heterocycles. The molecule has 0 spiro atoms. The Morgan fingerprint density at radius 3 is 2.33 bits per heavy atom. The Morgan fingerprint density at radius 1 is 1.08 bits per heavy atom. The van der Waals surface area contributed by atoms with Gasteiger partial charge >= 0.3 is 11.9 Å². The molecular weight excluding hydrogens is 312 g/mol. The lowest BCUT2D eigenvalue weighted by Crippen LogP contribution is -2.06. The molecule has 0 fully saturated rings. The van der Waals surface area contributed by atoms with Gasteiger partial charge in [0.1, 0.15) is 0 Å². The third-order valence-corrected chi connectivity index (χ3v) is 3.29. The summed E-state index contributed by atoms with van der Waals surface area (Å²) in [7, 11) is 1.47. The summed E-state index contributed by atoms with van der Waals surface area (Å²) in [5, 5.41) is 8.94. The van der Waals surface area contributed by atoms with Crippen LogP contribution in [0.3, 0.4) is 0 Å². The summed E-state index contributed by atoms with van der Waals surface area (Å²) >= 11 is 0. The zero-order valence-corrected chi connectivity index (χ0v) is 14.2. The summed E-state index contributed by atoms with van der Waals surface area (Å²) in [4.78, 5) is 22.1. The van der Waals surface area contributed by atoms with Crippen LogP contribution in [-0.4, -0.2) is 37.4 Å². The van der Waals surface area contributed by atoms with Crippen LogP contribution in [0.4, 0.5) is 0 Å². The van der Waals surface area contributed by atoms with E-state index in [2.05, 4.69) is 6.58 Å². The number of carboxylic acid groups (broad SMARTS) is 1. The van der Waals surface area contributed by atoms with E-state index in [9.17, 15) is 9.59 Å². The molecule has 0 aliphatic carbocycles. The van der Waals surface area contributed by atoms with Crippen molar-refractivity contribution in [3.8, 4) is 11.5 Å². The Morgan fingerprint density at radius 2 is 1.75 bits per heavy atom. The van der Waals surface area contributed by atoms with E-state index in [1.807, 2.05) is 0 Å². The van der Waals surface area contributed by atoms with Crippen LogP contribution in [0, 0.1) is 0 Å². The van der Waals surface area contributed by atoms with Crippen molar-refractivity contribution < 1.29 is 28.9 Å². The Kier molecular flexibility index (Phi) is 8.39. The number of rotatable bonds is 11. The minimum Gasteiger partial charge on any atom is -0.493 e. The molecule has 132 valence electrons. The maximum atomic E-state index is 11.2. The summed E-state index contributed by atoms with van der Waals surface area (Å²) in [5.74, 6) is -0.429. The van der Waals surface area contributed by atoms with Crippen molar-refractivity contribution in [1.29, 1.82) is 0 Å². The van der Waals surface area contributed by atoms with Gasteiger partial charge in [-0.15, -0.1) is 0 Å². The molecule has 0 atom stereocenters. The van der Waals surface area contributed by atoms with E-state index in [-0.39, 0.29) is 11.5 Å². The van der Waals surface area contributed by atoms with E-state index >= 15 is 0 Å². The molecule has 1 N–H and O–H groups in total. The van der Waals surface area contributed by atoms with Crippen LogP contribution in [0.15, 0.2) is 30.4 Å². The van der Waals surface area contributed by atoms with Crippen molar-refractivity contribution in [2.75, 3.05) is 20.3 Å². The molecular formula is C18H24O6. The van der Waals surface area contributed by atoms with Crippen molar-refractivity contribution in [2.24, 2.45) is 0 Å². The average Bonchev–Trinajstić information content (AvgIpc) is 2.56. The van der Waals surface area contributed by atoms with E-state index in [0.29, 0.717) is 30.3 Å². The van der Waals surface area contributed by atoms with Crippen LogP contribution >= 0.6 is 0 Å². The third-order valence-electron chi connectivity index (χ3n) is 3.29. The van der Waals surface area contributed by atoms with Gasteiger partial charge in [0, 0.05) is 5.57 Å². The van der Waals surface area contributed by atoms with Crippen molar-refractivity contribution in [1.82, 2.24) is 0 Å². The van der Waals surface area contributed by atoms with Gasteiger partial charge in [0.15, 0.2) is 11.5 Å². The second kappa shape index (κ2) is 10.3. The molecule has 0 aliphatic rings. The Labute approximate surface area is 142 Å². The van der Waals surface area contributed by atoms with Gasteiger partial charge in [0.05, 0.1) is 25.9 Å². The lowest BCUT2D eigenvalue weighted by atomic mass is 10.2. The molecule has 0 aromatic heterocycles. The van der Waals surface area contributed by atoms with Crippen molar-refractivity contribution in [2.45, 2.75) is 32.6 Å². The van der Waals surface area contributed by atoms with Crippen molar-refractivity contribution in [3.63, 3.8) is 0 Å². The number of carboxylic acids is 1. The summed E-state index contributed by atoms with van der Waals surface area (Å²) < 4.78 is 15.8. The summed E-state index contributed by atoms with van der Waals surface area (Å²) in [6.07, 6.45) is 3.52. The molecule has 1 aromatic carbocycles. The number of methoxy groups -OCH3 is 1. The van der Waals surface area contributed by atoms with E-state index in [1.165, 1.54) is 19.2 Å². The second-order valence-corrected chi connectivity index (χ2v) is 5.35. The highest BCUT2D eigenvalue weighted by Gasteiger charge is 2.09. The van der Waals surface area contributed by atoms with Crippen molar-refractivity contribution in [3.05, 3.63) is 35.9 Å². The maximum absolute atomic E-state index is 11.2. The topological polar surface area (TPSA) is 82.1 Å². The van der Waals surface area contributed by atoms with Crippen LogP contribution in [0.1, 0.15) is 43.0 Å². The maximum Gasteiger partial charge on any atom is 0.335 e. The van der Waals surface area contributed by atoms with Gasteiger partial charge in [-0.25, -0.2) is 9.59 Å². The monoisotopic (exact) mass is 336 g/mol. The molecule has 0 heterocycles. The molecule has 1 rings (SSSR count). The summed E-state index contributed by atoms with van der Waals surface area (Å²) in [6.45, 7) is 6.05.